The molecular formula is C18H27N5O2. The van der Waals surface area contributed by atoms with E-state index in [9.17, 15) is 0 Å². The monoisotopic (exact) mass is 345 g/mol. The zero-order chi connectivity index (χ0) is 18.1. The minimum Gasteiger partial charge on any atom is -0.491 e. The van der Waals surface area contributed by atoms with Gasteiger partial charge in [0.2, 0.25) is 0 Å². The highest BCUT2D eigenvalue weighted by Gasteiger charge is 2.06. The van der Waals surface area contributed by atoms with Crippen LogP contribution in [0.3, 0.4) is 0 Å². The maximum absolute atomic E-state index is 5.82. The predicted molar refractivity (Wildman–Crippen MR) is 98.8 cm³/mol. The molecule has 0 aliphatic heterocycles. The second-order valence-electron chi connectivity index (χ2n) is 5.75. The Morgan fingerprint density at radius 3 is 2.72 bits per heavy atom. The van der Waals surface area contributed by atoms with Crippen LogP contribution in [0, 0.1) is 6.92 Å². The second kappa shape index (κ2) is 9.68. The molecular weight excluding hydrogens is 318 g/mol. The average Bonchev–Trinajstić information content (AvgIpc) is 3.02. The van der Waals surface area contributed by atoms with Crippen molar-refractivity contribution in [3.63, 3.8) is 0 Å². The molecule has 0 radical (unpaired) electrons. The normalized spacial score (nSPS) is 11.4. The smallest absolute Gasteiger partial charge is 0.191 e. The summed E-state index contributed by atoms with van der Waals surface area (Å²) >= 11 is 0. The summed E-state index contributed by atoms with van der Waals surface area (Å²) in [6.45, 7) is 4.43. The van der Waals surface area contributed by atoms with Crippen LogP contribution in [0.2, 0.25) is 0 Å². The molecule has 2 N–H and O–H groups in total. The number of rotatable bonds is 8. The van der Waals surface area contributed by atoms with E-state index < -0.39 is 0 Å². The fourth-order valence-electron chi connectivity index (χ4n) is 2.33. The highest BCUT2D eigenvalue weighted by atomic mass is 16.5. The van der Waals surface area contributed by atoms with Gasteiger partial charge >= 0.3 is 0 Å². The number of benzene rings is 1. The van der Waals surface area contributed by atoms with E-state index >= 15 is 0 Å². The lowest BCUT2D eigenvalue weighted by Gasteiger charge is -2.15. The molecule has 0 atom stereocenters. The van der Waals surface area contributed by atoms with Crippen molar-refractivity contribution in [1.29, 1.82) is 0 Å². The minimum absolute atomic E-state index is 0.529. The Kier molecular flexibility index (Phi) is 7.28. The molecule has 0 fully saturated rings. The summed E-state index contributed by atoms with van der Waals surface area (Å²) in [6.07, 6.45) is 3.81. The number of methoxy groups -OCH3 is 1. The quantitative estimate of drug-likeness (QED) is 0.432. The highest BCUT2D eigenvalue weighted by molar-refractivity contribution is 5.79. The van der Waals surface area contributed by atoms with E-state index in [0.29, 0.717) is 26.3 Å². The number of nitrogens with zero attached hydrogens (tertiary/aromatic N) is 3. The number of hydrogen-bond acceptors (Lipinski definition) is 4. The summed E-state index contributed by atoms with van der Waals surface area (Å²) in [7, 11) is 5.32. The van der Waals surface area contributed by atoms with Gasteiger partial charge in [-0.1, -0.05) is 12.1 Å². The first-order valence-electron chi connectivity index (χ1n) is 8.25. The molecule has 0 bridgehead atoms. The van der Waals surface area contributed by atoms with Gasteiger partial charge in [0.05, 0.1) is 12.8 Å². The molecule has 0 amide bonds. The van der Waals surface area contributed by atoms with Crippen molar-refractivity contribution in [3.8, 4) is 5.75 Å². The van der Waals surface area contributed by atoms with E-state index in [2.05, 4.69) is 39.8 Å². The van der Waals surface area contributed by atoms with Crippen LogP contribution in [0.5, 0.6) is 5.75 Å². The van der Waals surface area contributed by atoms with Crippen LogP contribution >= 0.6 is 0 Å². The van der Waals surface area contributed by atoms with Gasteiger partial charge in [-0.15, -0.1) is 0 Å². The third kappa shape index (κ3) is 6.11. The first-order valence-corrected chi connectivity index (χ1v) is 8.25. The first-order chi connectivity index (χ1) is 12.1. The van der Waals surface area contributed by atoms with Crippen molar-refractivity contribution < 1.29 is 9.47 Å². The number of aromatic nitrogens is 2. The maximum Gasteiger partial charge on any atom is 0.191 e. The van der Waals surface area contributed by atoms with Gasteiger partial charge in [-0.2, -0.15) is 5.10 Å². The molecule has 136 valence electrons. The molecule has 2 rings (SSSR count). The number of guanidine groups is 1. The lowest BCUT2D eigenvalue weighted by atomic mass is 10.1. The molecule has 25 heavy (non-hydrogen) atoms. The Labute approximate surface area is 149 Å². The molecule has 1 aromatic carbocycles. The summed E-state index contributed by atoms with van der Waals surface area (Å²) in [5.41, 5.74) is 3.34. The molecule has 0 aliphatic rings. The molecule has 2 aromatic rings. The van der Waals surface area contributed by atoms with E-state index in [0.717, 1.165) is 28.4 Å². The van der Waals surface area contributed by atoms with Gasteiger partial charge < -0.3 is 20.1 Å². The van der Waals surface area contributed by atoms with Crippen LogP contribution in [-0.4, -0.2) is 43.1 Å². The van der Waals surface area contributed by atoms with Crippen molar-refractivity contribution in [2.24, 2.45) is 12.0 Å². The van der Waals surface area contributed by atoms with E-state index in [4.69, 9.17) is 9.47 Å². The summed E-state index contributed by atoms with van der Waals surface area (Å²) in [5.74, 6) is 1.60. The van der Waals surface area contributed by atoms with Crippen LogP contribution in [0.1, 0.15) is 16.7 Å². The first kappa shape index (κ1) is 18.8. The number of aliphatic imine (C=N–C) groups is 1. The Bertz CT molecular complexity index is 697. The topological polar surface area (TPSA) is 72.7 Å². The molecule has 7 heteroatoms. The highest BCUT2D eigenvalue weighted by Crippen LogP contribution is 2.20. The molecule has 0 saturated heterocycles. The number of aryl methyl sites for hydroxylation is 2. The van der Waals surface area contributed by atoms with Crippen molar-refractivity contribution in [2.75, 3.05) is 27.4 Å². The lowest BCUT2D eigenvalue weighted by molar-refractivity contribution is 0.145. The number of hydrogen-bond donors (Lipinski definition) is 2. The zero-order valence-corrected chi connectivity index (χ0v) is 15.4. The second-order valence-corrected chi connectivity index (χ2v) is 5.75. The Balaban J connectivity index is 1.91. The maximum atomic E-state index is 5.82. The summed E-state index contributed by atoms with van der Waals surface area (Å²) < 4.78 is 12.6. The standard InChI is InChI=1S/C18H27N5O2/c1-14-5-6-16(17(9-14)25-8-7-24-4)12-21-18(19-2)20-10-15-11-22-23(3)13-15/h5-6,9,11,13H,7-8,10,12H2,1-4H3,(H2,19,20,21). The van der Waals surface area contributed by atoms with E-state index in [1.54, 1.807) is 18.8 Å². The van der Waals surface area contributed by atoms with E-state index in [-0.39, 0.29) is 0 Å². The Hall–Kier alpha value is -2.54. The summed E-state index contributed by atoms with van der Waals surface area (Å²) in [5, 5.41) is 10.7. The molecule has 0 spiro atoms. The Morgan fingerprint density at radius 2 is 2.04 bits per heavy atom. The van der Waals surface area contributed by atoms with Gasteiger partial charge in [0, 0.05) is 51.6 Å². The molecule has 0 saturated carbocycles. The molecule has 0 aliphatic carbocycles. The van der Waals surface area contributed by atoms with Crippen molar-refractivity contribution in [3.05, 3.63) is 47.3 Å². The predicted octanol–water partition coefficient (Wildman–Crippen LogP) is 1.62. The minimum atomic E-state index is 0.529. The van der Waals surface area contributed by atoms with Gasteiger partial charge in [0.25, 0.3) is 0 Å². The average molecular weight is 345 g/mol. The van der Waals surface area contributed by atoms with Gasteiger partial charge in [-0.3, -0.25) is 9.67 Å². The largest absolute Gasteiger partial charge is 0.491 e. The Morgan fingerprint density at radius 1 is 1.24 bits per heavy atom. The fraction of sp³-hybridized carbons (Fsp3) is 0.444. The van der Waals surface area contributed by atoms with Crippen LogP contribution in [0.4, 0.5) is 0 Å². The van der Waals surface area contributed by atoms with Crippen molar-refractivity contribution in [1.82, 2.24) is 20.4 Å². The van der Waals surface area contributed by atoms with Gasteiger partial charge in [-0.25, -0.2) is 0 Å². The third-order valence-corrected chi connectivity index (χ3v) is 3.66. The van der Waals surface area contributed by atoms with Crippen molar-refractivity contribution in [2.45, 2.75) is 20.0 Å². The lowest BCUT2D eigenvalue weighted by Crippen LogP contribution is -2.36. The van der Waals surface area contributed by atoms with Crippen LogP contribution in [0.15, 0.2) is 35.6 Å². The van der Waals surface area contributed by atoms with Crippen LogP contribution in [0.25, 0.3) is 0 Å². The molecule has 0 unspecified atom stereocenters. The summed E-state index contributed by atoms with van der Waals surface area (Å²) in [4.78, 5) is 4.25. The zero-order valence-electron chi connectivity index (χ0n) is 15.4. The fourth-order valence-corrected chi connectivity index (χ4v) is 2.33. The number of ether oxygens (including phenoxy) is 2. The van der Waals surface area contributed by atoms with Crippen LogP contribution < -0.4 is 15.4 Å². The summed E-state index contributed by atoms with van der Waals surface area (Å²) in [6, 6.07) is 6.18. The van der Waals surface area contributed by atoms with Gasteiger partial charge in [0.15, 0.2) is 5.96 Å². The van der Waals surface area contributed by atoms with Crippen molar-refractivity contribution >= 4 is 5.96 Å². The van der Waals surface area contributed by atoms with Crippen LogP contribution in [-0.2, 0) is 24.9 Å². The molecule has 1 heterocycles. The molecule has 1 aromatic heterocycles. The van der Waals surface area contributed by atoms with E-state index in [1.807, 2.05) is 25.5 Å². The SMILES string of the molecule is CN=C(NCc1cnn(C)c1)NCc1ccc(C)cc1OCCOC. The van der Waals surface area contributed by atoms with Gasteiger partial charge in [-0.05, 0) is 18.6 Å². The van der Waals surface area contributed by atoms with E-state index in [1.165, 1.54) is 0 Å². The molecule has 7 nitrogen and oxygen atoms in total. The number of nitrogens with one attached hydrogen (secondary N) is 2. The van der Waals surface area contributed by atoms with Gasteiger partial charge in [0.1, 0.15) is 12.4 Å². The third-order valence-electron chi connectivity index (χ3n) is 3.66.